The highest BCUT2D eigenvalue weighted by molar-refractivity contribution is 6.00. The van der Waals surface area contributed by atoms with Gasteiger partial charge in [0.15, 0.2) is 5.65 Å². The van der Waals surface area contributed by atoms with Crippen molar-refractivity contribution in [3.05, 3.63) is 133 Å². The molecule has 3 N–H and O–H groups in total. The Hall–Kier alpha value is -5.14. The Balaban J connectivity index is 1.31. The highest BCUT2D eigenvalue weighted by Gasteiger charge is 2.16. The first-order valence-corrected chi connectivity index (χ1v) is 13.4. The van der Waals surface area contributed by atoms with Crippen LogP contribution in [0.4, 0.5) is 4.39 Å². The lowest BCUT2D eigenvalue weighted by Crippen LogP contribution is -2.15. The van der Waals surface area contributed by atoms with E-state index in [0.29, 0.717) is 12.2 Å². The molecule has 0 radical (unpaired) electrons. The van der Waals surface area contributed by atoms with E-state index in [1.165, 1.54) is 17.7 Å². The third kappa shape index (κ3) is 5.48. The van der Waals surface area contributed by atoms with Crippen LogP contribution in [-0.4, -0.2) is 31.7 Å². The Labute approximate surface area is 237 Å². The Bertz CT molecular complexity index is 1910. The highest BCUT2D eigenvalue weighted by atomic mass is 19.1. The number of aromatic nitrogens is 5. The van der Waals surface area contributed by atoms with Crippen molar-refractivity contribution in [2.45, 2.75) is 13.5 Å². The molecular formula is C34H29FN6. The molecule has 0 aliphatic carbocycles. The number of halogens is 1. The molecular weight excluding hydrogens is 511 g/mol. The number of aromatic amines is 2. The van der Waals surface area contributed by atoms with Crippen LogP contribution in [0.3, 0.4) is 0 Å². The van der Waals surface area contributed by atoms with Crippen molar-refractivity contribution in [2.24, 2.45) is 0 Å². The molecule has 6 aromatic rings. The molecule has 2 aromatic carbocycles. The monoisotopic (exact) mass is 540 g/mol. The Morgan fingerprint density at radius 2 is 1.88 bits per heavy atom. The fourth-order valence-electron chi connectivity index (χ4n) is 4.99. The van der Waals surface area contributed by atoms with E-state index in [1.54, 1.807) is 18.5 Å². The van der Waals surface area contributed by atoms with E-state index in [4.69, 9.17) is 0 Å². The largest absolute Gasteiger partial charge is 0.352 e. The molecule has 0 amide bonds. The summed E-state index contributed by atoms with van der Waals surface area (Å²) < 4.78 is 14.0. The Morgan fingerprint density at radius 3 is 2.68 bits per heavy atom. The fourth-order valence-corrected chi connectivity index (χ4v) is 4.99. The lowest BCUT2D eigenvalue weighted by Gasteiger charge is -2.08. The molecule has 0 atom stereocenters. The maximum absolute atomic E-state index is 14.0. The van der Waals surface area contributed by atoms with E-state index < -0.39 is 0 Å². The summed E-state index contributed by atoms with van der Waals surface area (Å²) in [4.78, 5) is 12.5. The second-order valence-electron chi connectivity index (χ2n) is 9.79. The van der Waals surface area contributed by atoms with Gasteiger partial charge in [-0.05, 0) is 53.5 Å². The van der Waals surface area contributed by atoms with Gasteiger partial charge in [-0.1, -0.05) is 67.3 Å². The summed E-state index contributed by atoms with van der Waals surface area (Å²) in [6.45, 7) is 7.51. The van der Waals surface area contributed by atoms with Gasteiger partial charge in [-0.15, -0.1) is 0 Å². The average molecular weight is 541 g/mol. The summed E-state index contributed by atoms with van der Waals surface area (Å²) in [6, 6.07) is 21.0. The van der Waals surface area contributed by atoms with Gasteiger partial charge < -0.3 is 10.3 Å². The van der Waals surface area contributed by atoms with E-state index in [-0.39, 0.29) is 5.82 Å². The second kappa shape index (κ2) is 11.5. The lowest BCUT2D eigenvalue weighted by molar-refractivity contribution is 0.628. The third-order valence-corrected chi connectivity index (χ3v) is 7.10. The fraction of sp³-hybridized carbons (Fsp3) is 0.0882. The van der Waals surface area contributed by atoms with E-state index in [1.807, 2.05) is 49.5 Å². The van der Waals surface area contributed by atoms with Crippen molar-refractivity contribution < 1.29 is 4.39 Å². The third-order valence-electron chi connectivity index (χ3n) is 7.10. The zero-order chi connectivity index (χ0) is 28.2. The summed E-state index contributed by atoms with van der Waals surface area (Å²) in [6.07, 6.45) is 11.5. The Morgan fingerprint density at radius 1 is 1.00 bits per heavy atom. The van der Waals surface area contributed by atoms with Gasteiger partial charge in [0.25, 0.3) is 0 Å². The minimum Gasteiger partial charge on any atom is -0.352 e. The van der Waals surface area contributed by atoms with Crippen LogP contribution in [0.15, 0.2) is 116 Å². The van der Waals surface area contributed by atoms with Gasteiger partial charge in [-0.3, -0.25) is 10.1 Å². The van der Waals surface area contributed by atoms with Crippen LogP contribution in [-0.2, 0) is 6.54 Å². The topological polar surface area (TPSA) is 82.3 Å². The molecule has 4 heterocycles. The number of nitrogens with zero attached hydrogens (tertiary/aromatic N) is 3. The summed E-state index contributed by atoms with van der Waals surface area (Å²) in [5, 5.41) is 13.0. The summed E-state index contributed by atoms with van der Waals surface area (Å²) in [5.74, 6) is -0.285. The molecule has 0 aliphatic heterocycles. The minimum absolute atomic E-state index is 0.285. The zero-order valence-corrected chi connectivity index (χ0v) is 22.7. The number of hydrogen-bond donors (Lipinski definition) is 3. The van der Waals surface area contributed by atoms with Crippen LogP contribution in [0.1, 0.15) is 18.1 Å². The van der Waals surface area contributed by atoms with Crippen molar-refractivity contribution in [3.8, 4) is 22.5 Å². The van der Waals surface area contributed by atoms with Crippen LogP contribution < -0.4 is 5.32 Å². The Kier molecular flexibility index (Phi) is 7.34. The number of hydrogen-bond acceptors (Lipinski definition) is 4. The van der Waals surface area contributed by atoms with Crippen molar-refractivity contribution in [1.82, 2.24) is 30.5 Å². The minimum atomic E-state index is -0.285. The molecule has 0 fully saturated rings. The number of rotatable bonds is 9. The number of nitrogens with one attached hydrogen (secondary N) is 3. The molecule has 0 unspecified atom stereocenters. The smallest absolute Gasteiger partial charge is 0.155 e. The standard InChI is InChI=1S/C34H29FN6/c1-3-22(17-36-18-23-9-6-5-7-10-23)13-24(4-2)26-15-29-33(40-41-34(29)38-19-26)31-16-28-30(20-37-21-32(28)39-31)25-11-8-12-27(35)14-25/h3-16,19-21,36,39H,1,17-18H2,2H3,(H,38,40,41)/b22-13+,24-4+. The van der Waals surface area contributed by atoms with Crippen LogP contribution in [0.2, 0.25) is 0 Å². The molecule has 6 nitrogen and oxygen atoms in total. The van der Waals surface area contributed by atoms with Gasteiger partial charge in [0.2, 0.25) is 0 Å². The molecule has 202 valence electrons. The normalized spacial score (nSPS) is 12.3. The first-order chi connectivity index (χ1) is 20.1. The molecule has 0 bridgehead atoms. The highest BCUT2D eigenvalue weighted by Crippen LogP contribution is 2.34. The maximum atomic E-state index is 14.0. The molecule has 0 aliphatic rings. The summed E-state index contributed by atoms with van der Waals surface area (Å²) in [7, 11) is 0. The van der Waals surface area contributed by atoms with Crippen LogP contribution in [0.25, 0.3) is 50.0 Å². The molecule has 0 saturated heterocycles. The zero-order valence-electron chi connectivity index (χ0n) is 22.7. The first kappa shape index (κ1) is 26.1. The van der Waals surface area contributed by atoms with Crippen LogP contribution in [0.5, 0.6) is 0 Å². The van der Waals surface area contributed by atoms with Crippen LogP contribution in [0, 0.1) is 5.82 Å². The maximum Gasteiger partial charge on any atom is 0.155 e. The summed E-state index contributed by atoms with van der Waals surface area (Å²) in [5.41, 5.74) is 9.06. The molecule has 0 saturated carbocycles. The van der Waals surface area contributed by atoms with Crippen molar-refractivity contribution in [3.63, 3.8) is 0 Å². The van der Waals surface area contributed by atoms with Gasteiger partial charge in [0.1, 0.15) is 11.5 Å². The van der Waals surface area contributed by atoms with Gasteiger partial charge in [-0.2, -0.15) is 5.10 Å². The van der Waals surface area contributed by atoms with Crippen molar-refractivity contribution in [2.75, 3.05) is 6.54 Å². The number of allylic oxidation sites excluding steroid dienone is 3. The predicted molar refractivity (Wildman–Crippen MR) is 164 cm³/mol. The number of fused-ring (bicyclic) bond motifs is 2. The van der Waals surface area contributed by atoms with E-state index in [0.717, 1.165) is 62.1 Å². The van der Waals surface area contributed by atoms with Gasteiger partial charge in [0.05, 0.1) is 17.4 Å². The average Bonchev–Trinajstić information content (AvgIpc) is 3.63. The predicted octanol–water partition coefficient (Wildman–Crippen LogP) is 7.61. The molecule has 4 aromatic heterocycles. The summed E-state index contributed by atoms with van der Waals surface area (Å²) >= 11 is 0. The number of benzene rings is 2. The van der Waals surface area contributed by atoms with Gasteiger partial charge >= 0.3 is 0 Å². The molecule has 6 rings (SSSR count). The van der Waals surface area contributed by atoms with Crippen molar-refractivity contribution >= 4 is 27.5 Å². The molecule has 41 heavy (non-hydrogen) atoms. The van der Waals surface area contributed by atoms with E-state index in [2.05, 4.69) is 67.4 Å². The SMILES string of the molecule is C=C/C(=C\C(=C/C)c1cnc2[nH]nc(-c3cc4c(-c5cccc(F)c5)cncc4[nH]3)c2c1)CNCc1ccccc1. The van der Waals surface area contributed by atoms with Crippen molar-refractivity contribution in [1.29, 1.82) is 0 Å². The molecule has 7 heteroatoms. The lowest BCUT2D eigenvalue weighted by atomic mass is 10.0. The number of pyridine rings is 2. The van der Waals surface area contributed by atoms with Gasteiger partial charge in [0, 0.05) is 47.4 Å². The first-order valence-electron chi connectivity index (χ1n) is 13.4. The van der Waals surface area contributed by atoms with Gasteiger partial charge in [-0.25, -0.2) is 9.37 Å². The van der Waals surface area contributed by atoms with E-state index in [9.17, 15) is 4.39 Å². The number of H-pyrrole nitrogens is 2. The van der Waals surface area contributed by atoms with Crippen LogP contribution >= 0.6 is 0 Å². The second-order valence-corrected chi connectivity index (χ2v) is 9.79. The molecule has 0 spiro atoms. The van der Waals surface area contributed by atoms with E-state index >= 15 is 0 Å². The quantitative estimate of drug-likeness (QED) is 0.165.